The van der Waals surface area contributed by atoms with Crippen LogP contribution in [-0.4, -0.2) is 45.0 Å². The lowest BCUT2D eigenvalue weighted by Crippen LogP contribution is -2.17. The summed E-state index contributed by atoms with van der Waals surface area (Å²) in [5.41, 5.74) is 0.843. The Balaban J connectivity index is 1.65. The number of carbonyl (C=O) groups excluding carboxylic acids is 1. The van der Waals surface area contributed by atoms with Crippen LogP contribution in [-0.2, 0) is 9.84 Å². The number of hydrogen-bond donors (Lipinski definition) is 1. The zero-order chi connectivity index (χ0) is 19.9. The van der Waals surface area contributed by atoms with Crippen LogP contribution in [0, 0.1) is 5.92 Å². The van der Waals surface area contributed by atoms with Crippen LogP contribution in [0.2, 0.25) is 0 Å². The molecule has 3 heterocycles. The summed E-state index contributed by atoms with van der Waals surface area (Å²) in [6.07, 6.45) is 11.4. The number of carbonyl (C=O) groups is 1. The maximum absolute atomic E-state index is 12.8. The second kappa shape index (κ2) is 7.01. The molecule has 3 aromatic rings. The molecule has 0 saturated heterocycles. The predicted molar refractivity (Wildman–Crippen MR) is 103 cm³/mol. The largest absolute Gasteiger partial charge is 0.318 e. The molecule has 4 rings (SSSR count). The molecule has 1 fully saturated rings. The third kappa shape index (κ3) is 3.51. The summed E-state index contributed by atoms with van der Waals surface area (Å²) in [5, 5.41) is 11.0. The first-order chi connectivity index (χ1) is 13.3. The van der Waals surface area contributed by atoms with Crippen LogP contribution >= 0.6 is 0 Å². The third-order valence-electron chi connectivity index (χ3n) is 5.18. The van der Waals surface area contributed by atoms with E-state index in [1.165, 1.54) is 10.7 Å². The number of anilines is 1. The van der Waals surface area contributed by atoms with Gasteiger partial charge in [-0.2, -0.15) is 10.2 Å². The fraction of sp³-hybridized carbons (Fsp3) is 0.444. The van der Waals surface area contributed by atoms with E-state index in [1.54, 1.807) is 29.3 Å². The number of nitrogens with one attached hydrogen (secondary N) is 1. The van der Waals surface area contributed by atoms with Crippen LogP contribution in [0.3, 0.4) is 0 Å². The molecule has 28 heavy (non-hydrogen) atoms. The van der Waals surface area contributed by atoms with Crippen molar-refractivity contribution in [2.45, 2.75) is 43.7 Å². The molecule has 1 saturated carbocycles. The SMILES string of the molecule is CS(=O)(=O)c1nn([C@H]2CC[C@H](C)CC2)cc1NC(=O)c1cnn2cccnc12. The molecule has 0 aliphatic heterocycles. The van der Waals surface area contributed by atoms with Crippen molar-refractivity contribution in [1.82, 2.24) is 24.4 Å². The molecule has 3 aromatic heterocycles. The average Bonchev–Trinajstić information content (AvgIpc) is 3.26. The second-order valence-electron chi connectivity index (χ2n) is 7.41. The van der Waals surface area contributed by atoms with E-state index in [-0.39, 0.29) is 22.3 Å². The van der Waals surface area contributed by atoms with Gasteiger partial charge in [-0.05, 0) is 37.7 Å². The molecule has 0 aromatic carbocycles. The quantitative estimate of drug-likeness (QED) is 0.717. The first kappa shape index (κ1) is 18.6. The Morgan fingerprint density at radius 1 is 1.25 bits per heavy atom. The summed E-state index contributed by atoms with van der Waals surface area (Å²) >= 11 is 0. The first-order valence-electron chi connectivity index (χ1n) is 9.22. The van der Waals surface area contributed by atoms with E-state index in [0.717, 1.165) is 31.9 Å². The minimum atomic E-state index is -3.60. The van der Waals surface area contributed by atoms with Gasteiger partial charge in [-0.15, -0.1) is 0 Å². The van der Waals surface area contributed by atoms with Gasteiger partial charge >= 0.3 is 0 Å². The van der Waals surface area contributed by atoms with Gasteiger partial charge in [0.2, 0.25) is 0 Å². The average molecular weight is 402 g/mol. The lowest BCUT2D eigenvalue weighted by atomic mass is 9.87. The number of rotatable bonds is 4. The molecule has 0 bridgehead atoms. The fourth-order valence-electron chi connectivity index (χ4n) is 3.61. The Labute approximate surface area is 162 Å². The Morgan fingerprint density at radius 2 is 2.00 bits per heavy atom. The van der Waals surface area contributed by atoms with Crippen molar-refractivity contribution in [2.75, 3.05) is 11.6 Å². The van der Waals surface area contributed by atoms with E-state index in [4.69, 9.17) is 0 Å². The van der Waals surface area contributed by atoms with Crippen molar-refractivity contribution in [2.24, 2.45) is 5.92 Å². The molecule has 1 N–H and O–H groups in total. The van der Waals surface area contributed by atoms with Gasteiger partial charge in [-0.3, -0.25) is 9.48 Å². The monoisotopic (exact) mass is 402 g/mol. The molecular weight excluding hydrogens is 380 g/mol. The molecule has 1 aliphatic rings. The summed E-state index contributed by atoms with van der Waals surface area (Å²) in [5.74, 6) is 0.193. The van der Waals surface area contributed by atoms with E-state index in [1.807, 2.05) is 0 Å². The van der Waals surface area contributed by atoms with Gasteiger partial charge in [0.25, 0.3) is 5.91 Å². The molecule has 9 nitrogen and oxygen atoms in total. The van der Waals surface area contributed by atoms with E-state index in [0.29, 0.717) is 11.6 Å². The Hall–Kier alpha value is -2.75. The van der Waals surface area contributed by atoms with Crippen LogP contribution in [0.1, 0.15) is 49.0 Å². The number of hydrogen-bond acceptors (Lipinski definition) is 6. The lowest BCUT2D eigenvalue weighted by molar-refractivity contribution is 0.102. The summed E-state index contributed by atoms with van der Waals surface area (Å²) in [4.78, 5) is 16.9. The van der Waals surface area contributed by atoms with Crippen molar-refractivity contribution in [3.05, 3.63) is 36.4 Å². The smallest absolute Gasteiger partial charge is 0.261 e. The standard InChI is InChI=1S/C18H22N6O3S/c1-12-4-6-13(7-5-12)24-11-15(18(22-24)28(2,26)27)21-17(25)14-10-20-23-9-3-8-19-16(14)23/h3,8-13H,4-7H2,1-2H3,(H,21,25)/t12-,13-. The van der Waals surface area contributed by atoms with Crippen molar-refractivity contribution >= 4 is 27.1 Å². The van der Waals surface area contributed by atoms with E-state index in [9.17, 15) is 13.2 Å². The lowest BCUT2D eigenvalue weighted by Gasteiger charge is -2.26. The topological polar surface area (TPSA) is 111 Å². The zero-order valence-electron chi connectivity index (χ0n) is 15.7. The van der Waals surface area contributed by atoms with Crippen molar-refractivity contribution < 1.29 is 13.2 Å². The molecule has 10 heteroatoms. The normalized spacial score (nSPS) is 20.4. The highest BCUT2D eigenvalue weighted by Gasteiger charge is 2.26. The predicted octanol–water partition coefficient (Wildman–Crippen LogP) is 2.33. The van der Waals surface area contributed by atoms with Gasteiger partial charge in [-0.25, -0.2) is 17.9 Å². The van der Waals surface area contributed by atoms with Crippen LogP contribution in [0.15, 0.2) is 35.9 Å². The number of fused-ring (bicyclic) bond motifs is 1. The number of amides is 1. The summed E-state index contributed by atoms with van der Waals surface area (Å²) in [6, 6.07) is 1.85. The van der Waals surface area contributed by atoms with Crippen molar-refractivity contribution in [3.8, 4) is 0 Å². The van der Waals surface area contributed by atoms with Crippen LogP contribution in [0.25, 0.3) is 5.65 Å². The van der Waals surface area contributed by atoms with Gasteiger partial charge in [-0.1, -0.05) is 6.92 Å². The zero-order valence-corrected chi connectivity index (χ0v) is 16.6. The number of nitrogens with zero attached hydrogens (tertiary/aromatic N) is 5. The molecule has 148 valence electrons. The Bertz CT molecular complexity index is 1130. The first-order valence-corrected chi connectivity index (χ1v) is 11.1. The third-order valence-corrected chi connectivity index (χ3v) is 6.18. The van der Waals surface area contributed by atoms with Gasteiger partial charge in [0.1, 0.15) is 5.56 Å². The molecule has 1 aliphatic carbocycles. The van der Waals surface area contributed by atoms with Crippen LogP contribution < -0.4 is 5.32 Å². The minimum Gasteiger partial charge on any atom is -0.318 e. The fourth-order valence-corrected chi connectivity index (χ4v) is 4.35. The summed E-state index contributed by atoms with van der Waals surface area (Å²) in [6.45, 7) is 2.22. The highest BCUT2D eigenvalue weighted by Crippen LogP contribution is 2.33. The second-order valence-corrected chi connectivity index (χ2v) is 9.35. The van der Waals surface area contributed by atoms with Gasteiger partial charge in [0, 0.05) is 18.6 Å². The van der Waals surface area contributed by atoms with Gasteiger partial charge < -0.3 is 5.32 Å². The highest BCUT2D eigenvalue weighted by molar-refractivity contribution is 7.90. The van der Waals surface area contributed by atoms with Crippen LogP contribution in [0.4, 0.5) is 5.69 Å². The number of aromatic nitrogens is 5. The van der Waals surface area contributed by atoms with Gasteiger partial charge in [0.15, 0.2) is 20.5 Å². The summed E-state index contributed by atoms with van der Waals surface area (Å²) < 4.78 is 27.6. The van der Waals surface area contributed by atoms with E-state index < -0.39 is 15.7 Å². The minimum absolute atomic E-state index is 0.121. The van der Waals surface area contributed by atoms with Crippen molar-refractivity contribution in [1.29, 1.82) is 0 Å². The molecular formula is C18H22N6O3S. The maximum atomic E-state index is 12.8. The Kier molecular flexibility index (Phi) is 4.66. The molecule has 0 radical (unpaired) electrons. The molecule has 1 amide bonds. The molecule has 0 unspecified atom stereocenters. The molecule has 0 spiro atoms. The Morgan fingerprint density at radius 3 is 2.71 bits per heavy atom. The molecule has 0 atom stereocenters. The number of sulfone groups is 1. The highest BCUT2D eigenvalue weighted by atomic mass is 32.2. The summed E-state index contributed by atoms with van der Waals surface area (Å²) in [7, 11) is -3.60. The maximum Gasteiger partial charge on any atom is 0.261 e. The van der Waals surface area contributed by atoms with Gasteiger partial charge in [0.05, 0.1) is 24.1 Å². The van der Waals surface area contributed by atoms with Crippen molar-refractivity contribution in [3.63, 3.8) is 0 Å². The van der Waals surface area contributed by atoms with Crippen LogP contribution in [0.5, 0.6) is 0 Å². The van der Waals surface area contributed by atoms with E-state index >= 15 is 0 Å². The van der Waals surface area contributed by atoms with E-state index in [2.05, 4.69) is 27.4 Å².